The van der Waals surface area contributed by atoms with Gasteiger partial charge in [0.1, 0.15) is 11.5 Å². The van der Waals surface area contributed by atoms with E-state index in [1.165, 1.54) is 6.07 Å². The van der Waals surface area contributed by atoms with Gasteiger partial charge in [-0.1, -0.05) is 121 Å². The van der Waals surface area contributed by atoms with E-state index in [0.29, 0.717) is 5.56 Å². The van der Waals surface area contributed by atoms with Gasteiger partial charge >= 0.3 is 0 Å². The highest BCUT2D eigenvalue weighted by Gasteiger charge is 2.25. The molecule has 0 aliphatic heterocycles. The smallest absolute Gasteiger partial charge is 0.127 e. The summed E-state index contributed by atoms with van der Waals surface area (Å²) in [7, 11) is 0. The zero-order valence-electron chi connectivity index (χ0n) is 20.8. The van der Waals surface area contributed by atoms with Gasteiger partial charge in [-0.15, -0.1) is 0 Å². The van der Waals surface area contributed by atoms with Crippen molar-refractivity contribution in [1.29, 1.82) is 0 Å². The first-order valence-corrected chi connectivity index (χ1v) is 12.7. The van der Waals surface area contributed by atoms with Crippen molar-refractivity contribution in [3.8, 4) is 67.1 Å². The van der Waals surface area contributed by atoms with Gasteiger partial charge in [0.2, 0.25) is 0 Å². The maximum atomic E-state index is 11.3. The van der Waals surface area contributed by atoms with Gasteiger partial charge in [-0.3, -0.25) is 0 Å². The van der Waals surface area contributed by atoms with Crippen LogP contribution in [-0.4, -0.2) is 10.2 Å². The van der Waals surface area contributed by atoms with Crippen molar-refractivity contribution < 1.29 is 10.2 Å². The van der Waals surface area contributed by atoms with E-state index in [0.717, 1.165) is 50.1 Å². The Kier molecular flexibility index (Phi) is 6.21. The summed E-state index contributed by atoms with van der Waals surface area (Å²) in [5.74, 6) is 0.0554. The van der Waals surface area contributed by atoms with Crippen molar-refractivity contribution in [2.75, 3.05) is 0 Å². The van der Waals surface area contributed by atoms with Crippen molar-refractivity contribution >= 4 is 0 Å². The number of phenols is 2. The first-order chi connectivity index (χ1) is 18.7. The standard InChI is InChI=1S/C36H26O2/c37-29-21-22-30(33(38)23-29)36-34(27-17-9-3-10-18-27)31(25-13-5-1-6-14-25)24-32(26-15-7-2-8-16-26)35(36)28-19-11-4-12-20-28/h1-24,37-38H. The van der Waals surface area contributed by atoms with Crippen LogP contribution in [-0.2, 0) is 0 Å². The van der Waals surface area contributed by atoms with Crippen LogP contribution in [0.5, 0.6) is 11.5 Å². The molecule has 0 saturated carbocycles. The fourth-order valence-electron chi connectivity index (χ4n) is 5.18. The molecule has 0 saturated heterocycles. The number of aromatic hydroxyl groups is 2. The van der Waals surface area contributed by atoms with Gasteiger partial charge in [-0.2, -0.15) is 0 Å². The maximum absolute atomic E-state index is 11.3. The minimum Gasteiger partial charge on any atom is -0.508 e. The number of hydrogen-bond donors (Lipinski definition) is 2. The van der Waals surface area contributed by atoms with E-state index in [1.807, 2.05) is 54.6 Å². The number of hydrogen-bond acceptors (Lipinski definition) is 2. The van der Waals surface area contributed by atoms with Gasteiger partial charge in [0.25, 0.3) is 0 Å². The lowest BCUT2D eigenvalue weighted by Gasteiger charge is -2.25. The van der Waals surface area contributed by atoms with E-state index in [1.54, 1.807) is 6.07 Å². The summed E-state index contributed by atoms with van der Waals surface area (Å²) in [6.07, 6.45) is 0. The van der Waals surface area contributed by atoms with Crippen LogP contribution in [0, 0.1) is 0 Å². The van der Waals surface area contributed by atoms with E-state index in [4.69, 9.17) is 0 Å². The molecule has 0 atom stereocenters. The lowest BCUT2D eigenvalue weighted by atomic mass is 9.78. The summed E-state index contributed by atoms with van der Waals surface area (Å²) >= 11 is 0. The third-order valence-corrected chi connectivity index (χ3v) is 6.87. The van der Waals surface area contributed by atoms with Crippen LogP contribution in [0.3, 0.4) is 0 Å². The third kappa shape index (κ3) is 4.33. The summed E-state index contributed by atoms with van der Waals surface area (Å²) < 4.78 is 0. The molecule has 0 bridgehead atoms. The summed E-state index contributed by atoms with van der Waals surface area (Å²) in [5, 5.41) is 21.4. The fourth-order valence-corrected chi connectivity index (χ4v) is 5.18. The summed E-state index contributed by atoms with van der Waals surface area (Å²) in [6, 6.07) is 48.5. The number of rotatable bonds is 5. The van der Waals surface area contributed by atoms with Crippen LogP contribution in [0.2, 0.25) is 0 Å². The van der Waals surface area contributed by atoms with E-state index in [2.05, 4.69) is 78.9 Å². The van der Waals surface area contributed by atoms with Crippen molar-refractivity contribution in [1.82, 2.24) is 0 Å². The van der Waals surface area contributed by atoms with Gasteiger partial charge in [0.15, 0.2) is 0 Å². The lowest BCUT2D eigenvalue weighted by Crippen LogP contribution is -1.98. The molecule has 6 rings (SSSR count). The van der Waals surface area contributed by atoms with Crippen molar-refractivity contribution in [3.05, 3.63) is 146 Å². The minimum absolute atomic E-state index is 0.0243. The SMILES string of the molecule is Oc1ccc(-c2c(-c3ccccc3)c(-c3ccccc3)cc(-c3ccccc3)c2-c2ccccc2)c(O)c1. The van der Waals surface area contributed by atoms with Crippen molar-refractivity contribution in [2.24, 2.45) is 0 Å². The molecular weight excluding hydrogens is 464 g/mol. The average Bonchev–Trinajstić information content (AvgIpc) is 2.98. The Morgan fingerprint density at radius 2 is 0.711 bits per heavy atom. The molecule has 38 heavy (non-hydrogen) atoms. The predicted octanol–water partition coefficient (Wildman–Crippen LogP) is 9.43. The second-order valence-corrected chi connectivity index (χ2v) is 9.26. The third-order valence-electron chi connectivity index (χ3n) is 6.87. The van der Waals surface area contributed by atoms with Crippen LogP contribution in [0.15, 0.2) is 146 Å². The second kappa shape index (κ2) is 10.1. The summed E-state index contributed by atoms with van der Waals surface area (Å²) in [4.78, 5) is 0. The zero-order chi connectivity index (χ0) is 25.9. The molecule has 0 unspecified atom stereocenters. The summed E-state index contributed by atoms with van der Waals surface area (Å²) in [6.45, 7) is 0. The number of phenolic OH excluding ortho intramolecular Hbond substituents is 2. The molecule has 2 N–H and O–H groups in total. The van der Waals surface area contributed by atoms with Crippen LogP contribution >= 0.6 is 0 Å². The van der Waals surface area contributed by atoms with E-state index in [-0.39, 0.29) is 11.5 Å². The molecule has 0 radical (unpaired) electrons. The molecule has 0 spiro atoms. The monoisotopic (exact) mass is 490 g/mol. The first kappa shape index (κ1) is 23.3. The van der Waals surface area contributed by atoms with Crippen molar-refractivity contribution in [3.63, 3.8) is 0 Å². The molecule has 0 aliphatic carbocycles. The number of benzene rings is 6. The Morgan fingerprint density at radius 3 is 1.11 bits per heavy atom. The Balaban J connectivity index is 1.86. The fraction of sp³-hybridized carbons (Fsp3) is 0. The largest absolute Gasteiger partial charge is 0.508 e. The highest BCUT2D eigenvalue weighted by Crippen LogP contribution is 2.52. The molecule has 0 aliphatic rings. The van der Waals surface area contributed by atoms with Gasteiger partial charge < -0.3 is 10.2 Å². The van der Waals surface area contributed by atoms with Crippen LogP contribution in [0.25, 0.3) is 55.6 Å². The zero-order valence-corrected chi connectivity index (χ0v) is 20.8. The van der Waals surface area contributed by atoms with Gasteiger partial charge in [0.05, 0.1) is 0 Å². The molecular formula is C36H26O2. The quantitative estimate of drug-likeness (QED) is 0.253. The Hall–Kier alpha value is -5.08. The highest BCUT2D eigenvalue weighted by molar-refractivity contribution is 6.08. The van der Waals surface area contributed by atoms with Gasteiger partial charge in [-0.25, -0.2) is 0 Å². The van der Waals surface area contributed by atoms with Crippen molar-refractivity contribution in [2.45, 2.75) is 0 Å². The highest BCUT2D eigenvalue weighted by atomic mass is 16.3. The second-order valence-electron chi connectivity index (χ2n) is 9.26. The Morgan fingerprint density at radius 1 is 0.316 bits per heavy atom. The molecule has 0 amide bonds. The Bertz CT molecular complexity index is 1590. The molecule has 6 aromatic rings. The van der Waals surface area contributed by atoms with Gasteiger partial charge in [0, 0.05) is 17.2 Å². The first-order valence-electron chi connectivity index (χ1n) is 12.7. The van der Waals surface area contributed by atoms with Gasteiger partial charge in [-0.05, 0) is 62.7 Å². The topological polar surface area (TPSA) is 40.5 Å². The Labute approximate surface area is 222 Å². The molecule has 0 fully saturated rings. The van der Waals surface area contributed by atoms with E-state index < -0.39 is 0 Å². The van der Waals surface area contributed by atoms with Crippen LogP contribution < -0.4 is 0 Å². The van der Waals surface area contributed by atoms with E-state index in [9.17, 15) is 10.2 Å². The molecule has 0 heterocycles. The van der Waals surface area contributed by atoms with Crippen LogP contribution in [0.1, 0.15) is 0 Å². The lowest BCUT2D eigenvalue weighted by molar-refractivity contribution is 0.452. The normalized spacial score (nSPS) is 10.8. The average molecular weight is 491 g/mol. The molecule has 2 nitrogen and oxygen atoms in total. The molecule has 0 aromatic heterocycles. The predicted molar refractivity (Wildman–Crippen MR) is 157 cm³/mol. The summed E-state index contributed by atoms with van der Waals surface area (Å²) in [5.41, 5.74) is 10.0. The maximum Gasteiger partial charge on any atom is 0.127 e. The molecule has 182 valence electrons. The van der Waals surface area contributed by atoms with Crippen LogP contribution in [0.4, 0.5) is 0 Å². The van der Waals surface area contributed by atoms with E-state index >= 15 is 0 Å². The molecule has 2 heteroatoms. The minimum atomic E-state index is 0.0243. The molecule has 6 aromatic carbocycles.